The molecule has 1 saturated heterocycles. The van der Waals surface area contributed by atoms with Gasteiger partial charge in [-0.15, -0.1) is 0 Å². The third kappa shape index (κ3) is 5.79. The summed E-state index contributed by atoms with van der Waals surface area (Å²) in [5.74, 6) is -0.388. The van der Waals surface area contributed by atoms with E-state index in [2.05, 4.69) is 10.6 Å². The number of hydrogen-bond acceptors (Lipinski definition) is 5. The number of nitrogens with zero attached hydrogens (tertiary/aromatic N) is 1. The molecule has 1 atom stereocenters. The van der Waals surface area contributed by atoms with Gasteiger partial charge in [-0.1, -0.05) is 23.2 Å². The van der Waals surface area contributed by atoms with Crippen LogP contribution in [-0.4, -0.2) is 43.7 Å². The SMILES string of the molecule is CC(NC(=O)C1CCN(S(=O)(=O)c2cc(Cl)ccc2Cl)CC1)C(=O)NCc1ccco1. The Hall–Kier alpha value is -2.07. The number of carbonyl (C=O) groups is 2. The Morgan fingerprint density at radius 1 is 1.23 bits per heavy atom. The van der Waals surface area contributed by atoms with Crippen LogP contribution in [0.5, 0.6) is 0 Å². The summed E-state index contributed by atoms with van der Waals surface area (Å²) in [6.07, 6.45) is 2.19. The van der Waals surface area contributed by atoms with Gasteiger partial charge < -0.3 is 15.1 Å². The molecule has 0 bridgehead atoms. The van der Waals surface area contributed by atoms with Crippen molar-refractivity contribution in [2.45, 2.75) is 37.2 Å². The number of amides is 2. The van der Waals surface area contributed by atoms with Crippen LogP contribution in [-0.2, 0) is 26.2 Å². The van der Waals surface area contributed by atoms with E-state index in [9.17, 15) is 18.0 Å². The fourth-order valence-electron chi connectivity index (χ4n) is 3.31. The van der Waals surface area contributed by atoms with E-state index in [0.717, 1.165) is 0 Å². The number of furan rings is 1. The van der Waals surface area contributed by atoms with E-state index < -0.39 is 16.1 Å². The molecule has 0 spiro atoms. The second kappa shape index (κ2) is 10.0. The van der Waals surface area contributed by atoms with Crippen LogP contribution in [0.15, 0.2) is 45.9 Å². The fourth-order valence-corrected chi connectivity index (χ4v) is 5.52. The van der Waals surface area contributed by atoms with E-state index in [1.165, 1.54) is 28.8 Å². The molecule has 2 N–H and O–H groups in total. The summed E-state index contributed by atoms with van der Waals surface area (Å²) < 4.78 is 32.2. The molecule has 1 aromatic heterocycles. The third-order valence-corrected chi connectivity index (χ3v) is 7.72. The Bertz CT molecular complexity index is 1040. The van der Waals surface area contributed by atoms with E-state index in [4.69, 9.17) is 27.6 Å². The van der Waals surface area contributed by atoms with Crippen molar-refractivity contribution in [3.8, 4) is 0 Å². The van der Waals surface area contributed by atoms with E-state index in [1.807, 2.05) is 0 Å². The summed E-state index contributed by atoms with van der Waals surface area (Å²) >= 11 is 12.0. The molecule has 168 valence electrons. The van der Waals surface area contributed by atoms with Gasteiger partial charge in [-0.2, -0.15) is 4.31 Å². The summed E-state index contributed by atoms with van der Waals surface area (Å²) in [4.78, 5) is 24.7. The van der Waals surface area contributed by atoms with Crippen LogP contribution in [0.25, 0.3) is 0 Å². The largest absolute Gasteiger partial charge is 0.467 e. The summed E-state index contributed by atoms with van der Waals surface area (Å²) in [5.41, 5.74) is 0. The first kappa shape index (κ1) is 23.6. The van der Waals surface area contributed by atoms with Crippen molar-refractivity contribution in [1.82, 2.24) is 14.9 Å². The first-order valence-corrected chi connectivity index (χ1v) is 11.9. The van der Waals surface area contributed by atoms with Crippen LogP contribution in [0.1, 0.15) is 25.5 Å². The molecule has 0 radical (unpaired) electrons. The normalized spacial score (nSPS) is 16.6. The molecule has 31 heavy (non-hydrogen) atoms. The Kier molecular flexibility index (Phi) is 7.64. The third-order valence-electron chi connectivity index (χ3n) is 5.10. The lowest BCUT2D eigenvalue weighted by atomic mass is 9.97. The first-order valence-electron chi connectivity index (χ1n) is 9.74. The van der Waals surface area contributed by atoms with E-state index in [1.54, 1.807) is 19.1 Å². The van der Waals surface area contributed by atoms with Crippen LogP contribution in [0.3, 0.4) is 0 Å². The molecule has 0 aliphatic carbocycles. The second-order valence-electron chi connectivity index (χ2n) is 7.28. The monoisotopic (exact) mass is 487 g/mol. The van der Waals surface area contributed by atoms with Gasteiger partial charge in [-0.05, 0) is 50.1 Å². The summed E-state index contributed by atoms with van der Waals surface area (Å²) in [6, 6.07) is 7.01. The van der Waals surface area contributed by atoms with Gasteiger partial charge in [0.2, 0.25) is 21.8 Å². The standard InChI is InChI=1S/C20H23Cl2N3O5S/c1-13(19(26)23-12-16-3-2-10-30-16)24-20(27)14-6-8-25(9-7-14)31(28,29)18-11-15(21)4-5-17(18)22/h2-5,10-11,13-14H,6-9,12H2,1H3,(H,23,26)(H,24,27). The van der Waals surface area contributed by atoms with Crippen molar-refractivity contribution in [3.05, 3.63) is 52.4 Å². The maximum Gasteiger partial charge on any atom is 0.244 e. The molecule has 1 aliphatic rings. The number of rotatable bonds is 7. The van der Waals surface area contributed by atoms with E-state index >= 15 is 0 Å². The average Bonchev–Trinajstić information content (AvgIpc) is 3.27. The molecule has 11 heteroatoms. The first-order chi connectivity index (χ1) is 14.7. The van der Waals surface area contributed by atoms with Crippen LogP contribution in [0.4, 0.5) is 0 Å². The van der Waals surface area contributed by atoms with Crippen molar-refractivity contribution in [2.75, 3.05) is 13.1 Å². The van der Waals surface area contributed by atoms with E-state index in [0.29, 0.717) is 18.6 Å². The molecule has 1 aromatic carbocycles. The molecule has 0 saturated carbocycles. The van der Waals surface area contributed by atoms with Gasteiger partial charge in [0, 0.05) is 24.0 Å². The zero-order chi connectivity index (χ0) is 22.6. The lowest BCUT2D eigenvalue weighted by molar-refractivity contribution is -0.131. The van der Waals surface area contributed by atoms with Crippen molar-refractivity contribution < 1.29 is 22.4 Å². The second-order valence-corrected chi connectivity index (χ2v) is 10.0. The number of carbonyl (C=O) groups excluding carboxylic acids is 2. The highest BCUT2D eigenvalue weighted by Gasteiger charge is 2.34. The van der Waals surface area contributed by atoms with Gasteiger partial charge in [0.15, 0.2) is 0 Å². The Balaban J connectivity index is 1.52. The molecule has 2 aromatic rings. The zero-order valence-corrected chi connectivity index (χ0v) is 19.1. The predicted molar refractivity (Wildman–Crippen MR) is 116 cm³/mol. The summed E-state index contributed by atoms with van der Waals surface area (Å²) in [6.45, 7) is 2.16. The molecule has 1 fully saturated rings. The number of sulfonamides is 1. The molecule has 2 amide bonds. The lowest BCUT2D eigenvalue weighted by Crippen LogP contribution is -2.49. The van der Waals surface area contributed by atoms with Gasteiger partial charge in [0.05, 0.1) is 17.8 Å². The Labute approximate surface area is 190 Å². The minimum Gasteiger partial charge on any atom is -0.467 e. The lowest BCUT2D eigenvalue weighted by Gasteiger charge is -2.31. The fraction of sp³-hybridized carbons (Fsp3) is 0.400. The summed E-state index contributed by atoms with van der Waals surface area (Å²) in [5, 5.41) is 5.75. The molecule has 1 aliphatic heterocycles. The maximum absolute atomic E-state index is 12.9. The Morgan fingerprint density at radius 2 is 1.94 bits per heavy atom. The van der Waals surface area contributed by atoms with Gasteiger partial charge >= 0.3 is 0 Å². The molecular formula is C20H23Cl2N3O5S. The van der Waals surface area contributed by atoms with Gasteiger partial charge in [-0.25, -0.2) is 8.42 Å². The van der Waals surface area contributed by atoms with Gasteiger partial charge in [0.1, 0.15) is 16.7 Å². The quantitative estimate of drug-likeness (QED) is 0.623. The van der Waals surface area contributed by atoms with Crippen LogP contribution < -0.4 is 10.6 Å². The van der Waals surface area contributed by atoms with Gasteiger partial charge in [0.25, 0.3) is 0 Å². The molecular weight excluding hydrogens is 465 g/mol. The van der Waals surface area contributed by atoms with Crippen molar-refractivity contribution in [3.63, 3.8) is 0 Å². The highest BCUT2D eigenvalue weighted by molar-refractivity contribution is 7.89. The van der Waals surface area contributed by atoms with Crippen molar-refractivity contribution in [2.24, 2.45) is 5.92 Å². The smallest absolute Gasteiger partial charge is 0.244 e. The number of halogens is 2. The average molecular weight is 488 g/mol. The zero-order valence-electron chi connectivity index (χ0n) is 16.8. The molecule has 3 rings (SSSR count). The van der Waals surface area contributed by atoms with Crippen molar-refractivity contribution >= 4 is 45.0 Å². The van der Waals surface area contributed by atoms with Crippen LogP contribution >= 0.6 is 23.2 Å². The van der Waals surface area contributed by atoms with Crippen molar-refractivity contribution in [1.29, 1.82) is 0 Å². The van der Waals surface area contributed by atoms with Gasteiger partial charge in [-0.3, -0.25) is 9.59 Å². The van der Waals surface area contributed by atoms with Crippen LogP contribution in [0.2, 0.25) is 10.0 Å². The Morgan fingerprint density at radius 3 is 2.58 bits per heavy atom. The van der Waals surface area contributed by atoms with Crippen LogP contribution in [0, 0.1) is 5.92 Å². The summed E-state index contributed by atoms with van der Waals surface area (Å²) in [7, 11) is -3.82. The highest BCUT2D eigenvalue weighted by Crippen LogP contribution is 2.30. The topological polar surface area (TPSA) is 109 Å². The minimum atomic E-state index is -3.82. The minimum absolute atomic E-state index is 0.0496. The molecule has 1 unspecified atom stereocenters. The highest BCUT2D eigenvalue weighted by atomic mass is 35.5. The number of nitrogens with one attached hydrogen (secondary N) is 2. The molecule has 8 nitrogen and oxygen atoms in total. The predicted octanol–water partition coefficient (Wildman–Crippen LogP) is 2.81. The number of hydrogen-bond donors (Lipinski definition) is 2. The molecule has 2 heterocycles. The number of piperidine rings is 1. The maximum atomic E-state index is 12.9. The van der Waals surface area contributed by atoms with E-state index in [-0.39, 0.29) is 52.3 Å². The number of benzene rings is 1.